The van der Waals surface area contributed by atoms with Crippen molar-refractivity contribution in [1.82, 2.24) is 19.3 Å². The van der Waals surface area contributed by atoms with E-state index in [9.17, 15) is 13.2 Å². The van der Waals surface area contributed by atoms with E-state index in [0.717, 1.165) is 31.9 Å². The number of pyridine rings is 1. The Morgan fingerprint density at radius 1 is 1.29 bits per heavy atom. The highest BCUT2D eigenvalue weighted by Gasteiger charge is 2.38. The van der Waals surface area contributed by atoms with Gasteiger partial charge >= 0.3 is 12.1 Å². The van der Waals surface area contributed by atoms with Gasteiger partial charge in [-0.05, 0) is 30.9 Å². The molecule has 1 atom stereocenters. The van der Waals surface area contributed by atoms with Gasteiger partial charge in [0.1, 0.15) is 11.1 Å². The number of thiazole rings is 1. The number of carbonyl (C=O) groups is 1. The predicted molar refractivity (Wildman–Crippen MR) is 107 cm³/mol. The van der Waals surface area contributed by atoms with E-state index in [2.05, 4.69) is 32.5 Å². The van der Waals surface area contributed by atoms with Crippen LogP contribution in [-0.4, -0.2) is 56.2 Å². The Morgan fingerprint density at radius 3 is 2.71 bits per heavy atom. The lowest BCUT2D eigenvalue weighted by Crippen LogP contribution is -2.38. The van der Waals surface area contributed by atoms with Crippen LogP contribution in [0.25, 0.3) is 5.52 Å². The summed E-state index contributed by atoms with van der Waals surface area (Å²) in [4.78, 5) is 20.4. The smallest absolute Gasteiger partial charge is 0.475 e. The van der Waals surface area contributed by atoms with E-state index in [1.54, 1.807) is 11.3 Å². The lowest BCUT2D eigenvalue weighted by Gasteiger charge is -2.31. The normalized spacial score (nSPS) is 19.8. The molecule has 3 aromatic rings. The number of fused-ring (bicyclic) bond motifs is 1. The van der Waals surface area contributed by atoms with Crippen molar-refractivity contribution in [2.75, 3.05) is 19.7 Å². The molecule has 1 aliphatic carbocycles. The molecule has 166 valence electrons. The maximum atomic E-state index is 10.6. The third-order valence-electron chi connectivity index (χ3n) is 5.17. The van der Waals surface area contributed by atoms with Gasteiger partial charge in [0.05, 0.1) is 30.7 Å². The van der Waals surface area contributed by atoms with E-state index in [0.29, 0.717) is 5.92 Å². The number of hydrogen-bond donors (Lipinski definition) is 1. The molecule has 3 aromatic heterocycles. The Hall–Kier alpha value is -2.50. The molecule has 1 aliphatic heterocycles. The van der Waals surface area contributed by atoms with Gasteiger partial charge in [-0.3, -0.25) is 4.90 Å². The molecule has 0 radical (unpaired) electrons. The van der Waals surface area contributed by atoms with Crippen molar-refractivity contribution in [2.45, 2.75) is 37.6 Å². The minimum Gasteiger partial charge on any atom is -0.475 e. The number of aliphatic carboxylic acids is 1. The van der Waals surface area contributed by atoms with Gasteiger partial charge in [-0.25, -0.2) is 14.8 Å². The molecule has 2 fully saturated rings. The first-order valence-electron chi connectivity index (χ1n) is 9.81. The van der Waals surface area contributed by atoms with E-state index in [-0.39, 0.29) is 6.10 Å². The van der Waals surface area contributed by atoms with Crippen LogP contribution in [0.1, 0.15) is 41.3 Å². The number of hydrogen-bond acceptors (Lipinski definition) is 6. The molecule has 2 aliphatic rings. The number of carboxylic acids is 1. The lowest BCUT2D eigenvalue weighted by atomic mass is 10.1. The second kappa shape index (κ2) is 8.93. The van der Waals surface area contributed by atoms with E-state index in [4.69, 9.17) is 19.6 Å². The van der Waals surface area contributed by atoms with Gasteiger partial charge in [0, 0.05) is 30.4 Å². The van der Waals surface area contributed by atoms with Crippen LogP contribution in [0.3, 0.4) is 0 Å². The van der Waals surface area contributed by atoms with Crippen molar-refractivity contribution in [1.29, 1.82) is 0 Å². The van der Waals surface area contributed by atoms with E-state index < -0.39 is 12.1 Å². The molecule has 1 N–H and O–H groups in total. The Balaban J connectivity index is 0.000000289. The highest BCUT2D eigenvalue weighted by Crippen LogP contribution is 2.40. The minimum atomic E-state index is -5.08. The first-order chi connectivity index (χ1) is 14.8. The Labute approximate surface area is 180 Å². The Kier molecular flexibility index (Phi) is 6.26. The maximum Gasteiger partial charge on any atom is 0.490 e. The topological polar surface area (TPSA) is 80.0 Å². The number of aromatic nitrogens is 3. The number of imidazole rings is 1. The van der Waals surface area contributed by atoms with Crippen molar-refractivity contribution >= 4 is 22.8 Å². The zero-order chi connectivity index (χ0) is 22.0. The second-order valence-electron chi connectivity index (χ2n) is 7.43. The van der Waals surface area contributed by atoms with Crippen LogP contribution in [0.2, 0.25) is 0 Å². The second-order valence-corrected chi connectivity index (χ2v) is 8.41. The molecule has 1 saturated carbocycles. The predicted octanol–water partition coefficient (Wildman–Crippen LogP) is 3.88. The number of alkyl halides is 3. The molecule has 0 amide bonds. The van der Waals surface area contributed by atoms with Crippen LogP contribution in [0, 0.1) is 0 Å². The molecular formula is C20H21F3N4O3S. The summed E-state index contributed by atoms with van der Waals surface area (Å²) >= 11 is 1.72. The van der Waals surface area contributed by atoms with Gasteiger partial charge in [0.15, 0.2) is 0 Å². The number of rotatable bonds is 4. The summed E-state index contributed by atoms with van der Waals surface area (Å²) < 4.78 is 40.1. The number of carboxylic acid groups (broad SMARTS) is 1. The first kappa shape index (κ1) is 21.7. The standard InChI is InChI=1S/C18H20N4OS.C2HF3O2/c1-2-14(13-4-5-13)22-12-20-18(15(22)3-1)16-10-21(7-8-23-16)11-17-19-6-9-24-17;3-2(4,5)1(6)7/h1-3,6,9,12-13,16H,4-5,7-8,10-11H2;(H,6,7). The van der Waals surface area contributed by atoms with Gasteiger partial charge in [-0.1, -0.05) is 6.07 Å². The van der Waals surface area contributed by atoms with Gasteiger partial charge in [-0.2, -0.15) is 13.2 Å². The van der Waals surface area contributed by atoms with Crippen molar-refractivity contribution in [2.24, 2.45) is 0 Å². The molecule has 0 aromatic carbocycles. The van der Waals surface area contributed by atoms with Crippen LogP contribution in [0.5, 0.6) is 0 Å². The summed E-state index contributed by atoms with van der Waals surface area (Å²) in [5, 5.41) is 10.3. The van der Waals surface area contributed by atoms with Gasteiger partial charge in [0.25, 0.3) is 0 Å². The number of ether oxygens (including phenoxy) is 1. The molecule has 0 bridgehead atoms. The molecule has 7 nitrogen and oxygen atoms in total. The van der Waals surface area contributed by atoms with E-state index >= 15 is 0 Å². The highest BCUT2D eigenvalue weighted by atomic mass is 32.1. The molecule has 1 saturated heterocycles. The Bertz CT molecular complexity index is 1030. The first-order valence-corrected chi connectivity index (χ1v) is 10.7. The fraction of sp³-hybridized carbons (Fsp3) is 0.450. The largest absolute Gasteiger partial charge is 0.490 e. The van der Waals surface area contributed by atoms with Crippen LogP contribution >= 0.6 is 11.3 Å². The summed E-state index contributed by atoms with van der Waals surface area (Å²) in [6.45, 7) is 3.48. The van der Waals surface area contributed by atoms with Crippen molar-refractivity contribution in [3.05, 3.63) is 52.5 Å². The molecular weight excluding hydrogens is 433 g/mol. The third kappa shape index (κ3) is 5.23. The third-order valence-corrected chi connectivity index (χ3v) is 5.93. The van der Waals surface area contributed by atoms with Gasteiger partial charge in [-0.15, -0.1) is 11.3 Å². The monoisotopic (exact) mass is 454 g/mol. The quantitative estimate of drug-likeness (QED) is 0.645. The molecule has 5 rings (SSSR count). The van der Waals surface area contributed by atoms with E-state index in [1.165, 1.54) is 29.1 Å². The summed E-state index contributed by atoms with van der Waals surface area (Å²) in [5.41, 5.74) is 3.66. The lowest BCUT2D eigenvalue weighted by molar-refractivity contribution is -0.192. The summed E-state index contributed by atoms with van der Waals surface area (Å²) in [6.07, 6.45) is 1.41. The average Bonchev–Trinajstić information content (AvgIpc) is 3.27. The van der Waals surface area contributed by atoms with E-state index in [1.807, 2.05) is 17.9 Å². The summed E-state index contributed by atoms with van der Waals surface area (Å²) in [5.74, 6) is -2.04. The van der Waals surface area contributed by atoms with Crippen molar-refractivity contribution in [3.8, 4) is 0 Å². The summed E-state index contributed by atoms with van der Waals surface area (Å²) in [7, 11) is 0. The van der Waals surface area contributed by atoms with Crippen LogP contribution in [0.4, 0.5) is 13.2 Å². The zero-order valence-electron chi connectivity index (χ0n) is 16.5. The zero-order valence-corrected chi connectivity index (χ0v) is 17.3. The Morgan fingerprint density at radius 2 is 2.06 bits per heavy atom. The summed E-state index contributed by atoms with van der Waals surface area (Å²) in [6, 6.07) is 6.55. The highest BCUT2D eigenvalue weighted by molar-refractivity contribution is 7.09. The number of morpholine rings is 1. The fourth-order valence-electron chi connectivity index (χ4n) is 3.56. The van der Waals surface area contributed by atoms with Gasteiger partial charge < -0.3 is 14.2 Å². The number of halogens is 3. The molecule has 0 spiro atoms. The average molecular weight is 454 g/mol. The fourth-order valence-corrected chi connectivity index (χ4v) is 4.21. The van der Waals surface area contributed by atoms with Crippen LogP contribution < -0.4 is 0 Å². The maximum absolute atomic E-state index is 10.6. The van der Waals surface area contributed by atoms with Crippen LogP contribution in [0.15, 0.2) is 36.1 Å². The minimum absolute atomic E-state index is 0.0400. The molecule has 1 unspecified atom stereocenters. The number of nitrogens with zero attached hydrogens (tertiary/aromatic N) is 4. The SMILES string of the molecule is O=C(O)C(F)(F)F.c1cc(C2CC2)n2cnc(C3CN(Cc4nccs4)CCO3)c2c1. The van der Waals surface area contributed by atoms with Crippen molar-refractivity contribution < 1.29 is 27.8 Å². The van der Waals surface area contributed by atoms with Crippen LogP contribution in [-0.2, 0) is 16.1 Å². The van der Waals surface area contributed by atoms with Gasteiger partial charge in [0.2, 0.25) is 0 Å². The molecule has 4 heterocycles. The molecule has 11 heteroatoms. The molecule has 31 heavy (non-hydrogen) atoms. The van der Waals surface area contributed by atoms with Crippen molar-refractivity contribution in [3.63, 3.8) is 0 Å².